The Hall–Kier alpha value is -0.875. The summed E-state index contributed by atoms with van der Waals surface area (Å²) in [4.78, 5) is 11.0. The Morgan fingerprint density at radius 3 is 2.67 bits per heavy atom. The minimum absolute atomic E-state index is 0.177. The lowest BCUT2D eigenvalue weighted by atomic mass is 9.64. The molecular weight excluding hydrogens is 223 g/mol. The largest absolute Gasteiger partial charge is 0.806 e. The van der Waals surface area contributed by atoms with Gasteiger partial charge in [-0.3, -0.25) is 0 Å². The number of hydrogen-bond acceptors (Lipinski definition) is 5. The van der Waals surface area contributed by atoms with Crippen LogP contribution in [0.2, 0.25) is 6.82 Å². The molecule has 1 aromatic carbocycles. The molecule has 0 spiro atoms. The fourth-order valence-corrected chi connectivity index (χ4v) is 1.84. The fraction of sp³-hybridized carbons (Fsp3) is 0.143. The van der Waals surface area contributed by atoms with Gasteiger partial charge in [-0.25, -0.2) is 0 Å². The van der Waals surface area contributed by atoms with Crippen molar-refractivity contribution in [1.29, 1.82) is 0 Å². The normalized spacial score (nSPS) is 19.2. The first-order valence-electron chi connectivity index (χ1n) is 4.17. The molecule has 0 saturated heterocycles. The number of benzene rings is 1. The fourth-order valence-electron chi connectivity index (χ4n) is 1.15. The van der Waals surface area contributed by atoms with Crippen LogP contribution in [0.1, 0.15) is 0 Å². The monoisotopic (exact) mass is 232 g/mol. The first kappa shape index (κ1) is 12.2. The predicted octanol–water partition coefficient (Wildman–Crippen LogP) is -0.637. The van der Waals surface area contributed by atoms with Crippen molar-refractivity contribution in [1.82, 2.24) is 0 Å². The van der Waals surface area contributed by atoms with Gasteiger partial charge >= 0.3 is 0 Å². The zero-order valence-corrected chi connectivity index (χ0v) is 8.82. The second kappa shape index (κ2) is 3.94. The molecule has 2 unspecified atom stereocenters. The number of nitrogens with two attached hydrogens (primary N) is 1. The van der Waals surface area contributed by atoms with Crippen molar-refractivity contribution in [3.63, 3.8) is 0 Å². The standard InChI is InChI=1S/C7H11BFNO4P/c1-8(9,15(12,13)14-11)6-3-2-4-7(10)5-6/h2-5,11H,10H2,1H3,(H,12,13)/q-1/p-2. The quantitative estimate of drug-likeness (QED) is 0.246. The van der Waals surface area contributed by atoms with Gasteiger partial charge in [-0.05, 0) is 6.07 Å². The molecule has 0 aliphatic heterocycles. The maximum absolute atomic E-state index is 13.9. The highest BCUT2D eigenvalue weighted by Crippen LogP contribution is 2.46. The molecule has 2 atom stereocenters. The molecule has 2 N–H and O–H groups in total. The lowest BCUT2D eigenvalue weighted by molar-refractivity contribution is -0.646. The molecule has 5 nitrogen and oxygen atoms in total. The van der Waals surface area contributed by atoms with Crippen LogP contribution in [0.15, 0.2) is 24.3 Å². The first-order chi connectivity index (χ1) is 6.81. The van der Waals surface area contributed by atoms with Gasteiger partial charge in [0.2, 0.25) is 0 Å². The lowest BCUT2D eigenvalue weighted by Crippen LogP contribution is -2.45. The van der Waals surface area contributed by atoms with Crippen LogP contribution < -0.4 is 21.3 Å². The van der Waals surface area contributed by atoms with Crippen LogP contribution in [0.3, 0.4) is 0 Å². The van der Waals surface area contributed by atoms with E-state index in [-0.39, 0.29) is 11.2 Å². The second-order valence-electron chi connectivity index (χ2n) is 3.39. The second-order valence-corrected chi connectivity index (χ2v) is 5.58. The number of halogens is 1. The predicted molar refractivity (Wildman–Crippen MR) is 51.9 cm³/mol. The number of nitrogen functional groups attached to an aromatic ring is 1. The SMILES string of the molecule is C[B-](F)(c1cccc(N)c1)P(=O)([O-])O[O-]. The zero-order chi connectivity index (χ0) is 11.7. The highest BCUT2D eigenvalue weighted by molar-refractivity contribution is 7.92. The van der Waals surface area contributed by atoms with Crippen molar-refractivity contribution in [3.8, 4) is 0 Å². The molecule has 0 saturated carbocycles. The van der Waals surface area contributed by atoms with Crippen LogP contribution in [0, 0.1) is 0 Å². The average molecular weight is 232 g/mol. The molecule has 0 aliphatic rings. The highest BCUT2D eigenvalue weighted by Gasteiger charge is 2.31. The molecule has 0 aliphatic carbocycles. The third-order valence-electron chi connectivity index (χ3n) is 2.22. The topological polar surface area (TPSA) is 98.4 Å². The zero-order valence-electron chi connectivity index (χ0n) is 7.92. The van der Waals surface area contributed by atoms with Crippen molar-refractivity contribution in [3.05, 3.63) is 24.3 Å². The van der Waals surface area contributed by atoms with Gasteiger partial charge in [0, 0.05) is 13.2 Å². The summed E-state index contributed by atoms with van der Waals surface area (Å²) in [5.41, 5.74) is 5.41. The van der Waals surface area contributed by atoms with Crippen LogP contribution in [-0.2, 0) is 9.24 Å². The maximum Gasteiger partial charge on any atom is 0.255 e. The van der Waals surface area contributed by atoms with E-state index in [0.29, 0.717) is 0 Å². The van der Waals surface area contributed by atoms with Crippen LogP contribution in [0.4, 0.5) is 10.0 Å². The van der Waals surface area contributed by atoms with E-state index in [1.807, 2.05) is 0 Å². The van der Waals surface area contributed by atoms with Gasteiger partial charge in [0.05, 0.1) is 0 Å². The lowest BCUT2D eigenvalue weighted by Gasteiger charge is -2.44. The van der Waals surface area contributed by atoms with Gasteiger partial charge in [-0.1, -0.05) is 18.2 Å². The molecule has 0 heterocycles. The Bertz CT molecular complexity index is 414. The minimum Gasteiger partial charge on any atom is -0.806 e. The summed E-state index contributed by atoms with van der Waals surface area (Å²) in [6.07, 6.45) is -3.59. The number of rotatable bonds is 3. The van der Waals surface area contributed by atoms with Crippen molar-refractivity contribution >= 4 is 24.8 Å². The molecular formula is C7H9BFNO4P-3. The van der Waals surface area contributed by atoms with E-state index in [9.17, 15) is 19.0 Å². The van der Waals surface area contributed by atoms with Gasteiger partial charge in [0.15, 0.2) is 0 Å². The Labute approximate surface area is 86.1 Å². The van der Waals surface area contributed by atoms with E-state index in [2.05, 4.69) is 4.67 Å². The molecule has 1 aromatic rings. The van der Waals surface area contributed by atoms with Gasteiger partial charge in [0.25, 0.3) is 6.14 Å². The Kier molecular flexibility index (Phi) is 3.20. The van der Waals surface area contributed by atoms with Crippen LogP contribution >= 0.6 is 7.47 Å². The van der Waals surface area contributed by atoms with E-state index >= 15 is 0 Å². The van der Waals surface area contributed by atoms with Crippen LogP contribution in [0.5, 0.6) is 0 Å². The van der Waals surface area contributed by atoms with E-state index in [4.69, 9.17) is 5.73 Å². The third-order valence-corrected chi connectivity index (χ3v) is 3.91. The molecule has 0 bridgehead atoms. The smallest absolute Gasteiger partial charge is 0.255 e. The molecule has 15 heavy (non-hydrogen) atoms. The van der Waals surface area contributed by atoms with Crippen LogP contribution in [-0.4, -0.2) is 6.14 Å². The molecule has 0 amide bonds. The van der Waals surface area contributed by atoms with Gasteiger partial charge < -0.3 is 29.4 Å². The summed E-state index contributed by atoms with van der Waals surface area (Å²) >= 11 is 0. The van der Waals surface area contributed by atoms with E-state index in [0.717, 1.165) is 12.9 Å². The molecule has 1 rings (SSSR count). The van der Waals surface area contributed by atoms with Crippen LogP contribution in [0.25, 0.3) is 0 Å². The average Bonchev–Trinajstić information content (AvgIpc) is 2.17. The van der Waals surface area contributed by atoms with Crippen molar-refractivity contribution < 1.29 is 23.7 Å². The molecule has 8 heteroatoms. The molecule has 0 fully saturated rings. The van der Waals surface area contributed by atoms with E-state index in [1.165, 1.54) is 18.2 Å². The highest BCUT2D eigenvalue weighted by atomic mass is 31.2. The maximum atomic E-state index is 13.9. The Morgan fingerprint density at radius 1 is 1.60 bits per heavy atom. The summed E-state index contributed by atoms with van der Waals surface area (Å²) in [6.45, 7) is 0.792. The Balaban J connectivity index is 3.22. The van der Waals surface area contributed by atoms with Gasteiger partial charge in [0.1, 0.15) is 0 Å². The Morgan fingerprint density at radius 2 is 2.20 bits per heavy atom. The summed E-state index contributed by atoms with van der Waals surface area (Å²) in [7, 11) is -5.08. The van der Waals surface area contributed by atoms with E-state index < -0.39 is 13.6 Å². The van der Waals surface area contributed by atoms with Gasteiger partial charge in [-0.15, -0.1) is 6.82 Å². The van der Waals surface area contributed by atoms with Gasteiger partial charge in [-0.2, -0.15) is 5.46 Å². The summed E-state index contributed by atoms with van der Waals surface area (Å²) in [5, 5.41) is 9.93. The van der Waals surface area contributed by atoms with Crippen molar-refractivity contribution in [2.45, 2.75) is 6.82 Å². The number of anilines is 1. The van der Waals surface area contributed by atoms with E-state index in [1.54, 1.807) is 0 Å². The van der Waals surface area contributed by atoms with Crippen molar-refractivity contribution in [2.24, 2.45) is 0 Å². The first-order valence-corrected chi connectivity index (χ1v) is 5.78. The minimum atomic E-state index is -5.08. The summed E-state index contributed by atoms with van der Waals surface area (Å²) < 4.78 is 27.9. The number of hydrogen-bond donors (Lipinski definition) is 1. The third kappa shape index (κ3) is 2.21. The molecule has 84 valence electrons. The molecule has 0 radical (unpaired) electrons. The van der Waals surface area contributed by atoms with Crippen molar-refractivity contribution in [2.75, 3.05) is 5.73 Å². The molecule has 0 aromatic heterocycles. The summed E-state index contributed by atoms with van der Waals surface area (Å²) in [5.74, 6) is 0. The summed E-state index contributed by atoms with van der Waals surface area (Å²) in [6, 6.07) is 5.27.